The van der Waals surface area contributed by atoms with Gasteiger partial charge in [-0.3, -0.25) is 9.59 Å². The van der Waals surface area contributed by atoms with Crippen molar-refractivity contribution >= 4 is 17.8 Å². The van der Waals surface area contributed by atoms with E-state index in [0.29, 0.717) is 23.4 Å². The molecule has 190 valence electrons. The lowest BCUT2D eigenvalue weighted by Gasteiger charge is -2.34. The molecule has 0 bridgehead atoms. The van der Waals surface area contributed by atoms with E-state index in [0.717, 1.165) is 29.5 Å². The third-order valence-electron chi connectivity index (χ3n) is 7.30. The topological polar surface area (TPSA) is 75.7 Å². The second kappa shape index (κ2) is 11.5. The van der Waals surface area contributed by atoms with Gasteiger partial charge in [-0.25, -0.2) is 4.79 Å². The van der Waals surface area contributed by atoms with Crippen LogP contribution in [0.4, 0.5) is 0 Å². The largest absolute Gasteiger partial charge is 0.463 e. The van der Waals surface area contributed by atoms with E-state index < -0.39 is 0 Å². The zero-order valence-electron chi connectivity index (χ0n) is 21.5. The van der Waals surface area contributed by atoms with Gasteiger partial charge in [0.05, 0.1) is 18.7 Å². The summed E-state index contributed by atoms with van der Waals surface area (Å²) in [5.74, 6) is -0.804. The molecular weight excluding hydrogens is 452 g/mol. The van der Waals surface area contributed by atoms with Gasteiger partial charge in [-0.2, -0.15) is 0 Å². The van der Waals surface area contributed by atoms with Crippen molar-refractivity contribution in [1.29, 1.82) is 0 Å². The Morgan fingerprint density at radius 2 is 1.64 bits per heavy atom. The van der Waals surface area contributed by atoms with Crippen LogP contribution in [0.3, 0.4) is 0 Å². The molecule has 6 heteroatoms. The zero-order chi connectivity index (χ0) is 25.7. The van der Waals surface area contributed by atoms with Gasteiger partial charge in [0.1, 0.15) is 0 Å². The second-order valence-electron chi connectivity index (χ2n) is 9.87. The van der Waals surface area contributed by atoms with Crippen molar-refractivity contribution in [3.63, 3.8) is 0 Å². The van der Waals surface area contributed by atoms with Gasteiger partial charge in [0, 0.05) is 29.6 Å². The van der Waals surface area contributed by atoms with Gasteiger partial charge in [-0.15, -0.1) is 0 Å². The molecule has 2 aromatic carbocycles. The van der Waals surface area contributed by atoms with Crippen molar-refractivity contribution in [3.05, 3.63) is 82.1 Å². The van der Waals surface area contributed by atoms with E-state index in [-0.39, 0.29) is 42.8 Å². The normalized spacial score (nSPS) is 18.8. The number of rotatable bonds is 7. The van der Waals surface area contributed by atoms with Crippen LogP contribution in [0.5, 0.6) is 0 Å². The molecule has 1 heterocycles. The van der Waals surface area contributed by atoms with Gasteiger partial charge in [0.25, 0.3) is 5.91 Å². The second-order valence-corrected chi connectivity index (χ2v) is 9.87. The SMILES string of the molecule is CCOC(=O)C1=C(C)N(Cc2ccc(C(=O)NC3CCCCC3)cc2)C(=O)CC1c1ccc(C)cc1. The van der Waals surface area contributed by atoms with Crippen molar-refractivity contribution in [2.75, 3.05) is 6.61 Å². The monoisotopic (exact) mass is 488 g/mol. The average molecular weight is 489 g/mol. The molecule has 2 aliphatic rings. The number of hydrogen-bond donors (Lipinski definition) is 1. The molecule has 1 unspecified atom stereocenters. The predicted molar refractivity (Wildman–Crippen MR) is 139 cm³/mol. The van der Waals surface area contributed by atoms with Crippen LogP contribution in [0.1, 0.15) is 85.3 Å². The van der Waals surface area contributed by atoms with Crippen molar-refractivity contribution in [2.24, 2.45) is 0 Å². The first-order chi connectivity index (χ1) is 17.4. The van der Waals surface area contributed by atoms with Gasteiger partial charge < -0.3 is 15.0 Å². The molecule has 6 nitrogen and oxygen atoms in total. The van der Waals surface area contributed by atoms with E-state index in [9.17, 15) is 14.4 Å². The van der Waals surface area contributed by atoms with Gasteiger partial charge in [0.15, 0.2) is 0 Å². The maximum Gasteiger partial charge on any atom is 0.336 e. The number of allylic oxidation sites excluding steroid dienone is 1. The number of nitrogens with zero attached hydrogens (tertiary/aromatic N) is 1. The molecular formula is C30H36N2O4. The fourth-order valence-electron chi connectivity index (χ4n) is 5.22. The number of hydrogen-bond acceptors (Lipinski definition) is 4. The predicted octanol–water partition coefficient (Wildman–Crippen LogP) is 5.41. The Kier molecular flexibility index (Phi) is 8.24. The summed E-state index contributed by atoms with van der Waals surface area (Å²) in [4.78, 5) is 40.6. The molecule has 0 radical (unpaired) electrons. The van der Waals surface area contributed by atoms with Crippen LogP contribution in [0.25, 0.3) is 0 Å². The Morgan fingerprint density at radius 3 is 2.28 bits per heavy atom. The molecule has 2 amide bonds. The fraction of sp³-hybridized carbons (Fsp3) is 0.433. The summed E-state index contributed by atoms with van der Waals surface area (Å²) in [7, 11) is 0. The van der Waals surface area contributed by atoms with Crippen LogP contribution in [0.2, 0.25) is 0 Å². The van der Waals surface area contributed by atoms with Crippen LogP contribution in [-0.4, -0.2) is 35.3 Å². The molecule has 1 atom stereocenters. The van der Waals surface area contributed by atoms with E-state index in [4.69, 9.17) is 4.74 Å². The van der Waals surface area contributed by atoms with Crippen molar-refractivity contribution in [3.8, 4) is 0 Å². The molecule has 1 aliphatic heterocycles. The van der Waals surface area contributed by atoms with Crippen molar-refractivity contribution in [2.45, 2.75) is 77.8 Å². The lowest BCUT2D eigenvalue weighted by Crippen LogP contribution is -2.38. The van der Waals surface area contributed by atoms with Gasteiger partial charge in [-0.05, 0) is 56.9 Å². The Balaban J connectivity index is 1.53. The summed E-state index contributed by atoms with van der Waals surface area (Å²) in [5, 5.41) is 3.14. The Morgan fingerprint density at radius 1 is 0.972 bits per heavy atom. The highest BCUT2D eigenvalue weighted by molar-refractivity contribution is 5.96. The Hall–Kier alpha value is -3.41. The van der Waals surface area contributed by atoms with Crippen LogP contribution < -0.4 is 5.32 Å². The van der Waals surface area contributed by atoms with Crippen LogP contribution in [0, 0.1) is 6.92 Å². The first-order valence-electron chi connectivity index (χ1n) is 13.0. The molecule has 0 spiro atoms. The molecule has 1 fully saturated rings. The molecule has 1 saturated carbocycles. The third-order valence-corrected chi connectivity index (χ3v) is 7.30. The minimum atomic E-state index is -0.382. The van der Waals surface area contributed by atoms with Gasteiger partial charge in [0.2, 0.25) is 5.91 Å². The minimum Gasteiger partial charge on any atom is -0.463 e. The number of ether oxygens (including phenoxy) is 1. The highest BCUT2D eigenvalue weighted by Gasteiger charge is 2.36. The van der Waals surface area contributed by atoms with Crippen molar-refractivity contribution in [1.82, 2.24) is 10.2 Å². The fourth-order valence-corrected chi connectivity index (χ4v) is 5.22. The summed E-state index contributed by atoms with van der Waals surface area (Å²) in [6.45, 7) is 6.21. The molecule has 36 heavy (non-hydrogen) atoms. The standard InChI is InChI=1S/C30H36N2O4/c1-4-36-30(35)28-21(3)32(27(33)18-26(28)23-14-10-20(2)11-15-23)19-22-12-16-24(17-13-22)29(34)31-25-8-6-5-7-9-25/h10-17,25-26H,4-9,18-19H2,1-3H3,(H,31,34). The third kappa shape index (κ3) is 5.86. The molecule has 1 N–H and O–H groups in total. The number of nitrogens with one attached hydrogen (secondary N) is 1. The Bertz CT molecular complexity index is 1130. The van der Waals surface area contributed by atoms with Crippen LogP contribution in [0.15, 0.2) is 59.8 Å². The van der Waals surface area contributed by atoms with Crippen LogP contribution >= 0.6 is 0 Å². The summed E-state index contributed by atoms with van der Waals surface area (Å²) < 4.78 is 5.39. The van der Waals surface area contributed by atoms with E-state index in [1.54, 1.807) is 11.8 Å². The van der Waals surface area contributed by atoms with E-state index in [1.807, 2.05) is 62.4 Å². The van der Waals surface area contributed by atoms with Gasteiger partial charge in [-0.1, -0.05) is 61.2 Å². The maximum absolute atomic E-state index is 13.3. The lowest BCUT2D eigenvalue weighted by molar-refractivity contribution is -0.140. The van der Waals surface area contributed by atoms with E-state index in [1.165, 1.54) is 19.3 Å². The number of carbonyl (C=O) groups is 3. The molecule has 4 rings (SSSR count). The average Bonchev–Trinajstić information content (AvgIpc) is 2.87. The summed E-state index contributed by atoms with van der Waals surface area (Å²) in [5.41, 5.74) is 4.72. The smallest absolute Gasteiger partial charge is 0.336 e. The minimum absolute atomic E-state index is 0.0368. The van der Waals surface area contributed by atoms with E-state index >= 15 is 0 Å². The summed E-state index contributed by atoms with van der Waals surface area (Å²) in [6.07, 6.45) is 5.86. The molecule has 0 aromatic heterocycles. The number of amides is 2. The van der Waals surface area contributed by atoms with Gasteiger partial charge >= 0.3 is 5.97 Å². The molecule has 0 saturated heterocycles. The highest BCUT2D eigenvalue weighted by atomic mass is 16.5. The van der Waals surface area contributed by atoms with Crippen LogP contribution in [-0.2, 0) is 20.9 Å². The van der Waals surface area contributed by atoms with Crippen molar-refractivity contribution < 1.29 is 19.1 Å². The molecule has 2 aromatic rings. The number of esters is 1. The quantitative estimate of drug-likeness (QED) is 0.529. The van der Waals surface area contributed by atoms with E-state index in [2.05, 4.69) is 5.32 Å². The number of carbonyl (C=O) groups excluding carboxylic acids is 3. The number of aryl methyl sites for hydroxylation is 1. The first-order valence-corrected chi connectivity index (χ1v) is 13.0. The summed E-state index contributed by atoms with van der Waals surface area (Å²) >= 11 is 0. The number of benzene rings is 2. The highest BCUT2D eigenvalue weighted by Crippen LogP contribution is 2.37. The summed E-state index contributed by atoms with van der Waals surface area (Å²) in [6, 6.07) is 15.6. The zero-order valence-corrected chi connectivity index (χ0v) is 21.5. The Labute approximate surface area is 213 Å². The molecule has 1 aliphatic carbocycles. The maximum atomic E-state index is 13.3. The lowest BCUT2D eigenvalue weighted by atomic mass is 9.83. The first kappa shape index (κ1) is 25.7.